The Kier molecular flexibility index (Phi) is 6.52. The van der Waals surface area contributed by atoms with E-state index in [1.807, 2.05) is 0 Å². The van der Waals surface area contributed by atoms with E-state index in [1.54, 1.807) is 7.11 Å². The van der Waals surface area contributed by atoms with Crippen molar-refractivity contribution in [1.82, 2.24) is 5.32 Å². The predicted molar refractivity (Wildman–Crippen MR) is 66.9 cm³/mol. The largest absolute Gasteiger partial charge is 0.461 e. The molecule has 0 heterocycles. The van der Waals surface area contributed by atoms with Crippen molar-refractivity contribution < 1.29 is 14.3 Å². The molecule has 0 bridgehead atoms. The van der Waals surface area contributed by atoms with Gasteiger partial charge in [0, 0.05) is 19.6 Å². The van der Waals surface area contributed by atoms with Gasteiger partial charge in [-0.25, -0.2) is 0 Å². The van der Waals surface area contributed by atoms with E-state index in [2.05, 4.69) is 19.2 Å². The average molecular weight is 243 g/mol. The van der Waals surface area contributed by atoms with Gasteiger partial charge in [0.05, 0.1) is 12.6 Å². The van der Waals surface area contributed by atoms with Crippen LogP contribution in [0.15, 0.2) is 0 Å². The Morgan fingerprint density at radius 1 is 1.41 bits per heavy atom. The second-order valence-corrected chi connectivity index (χ2v) is 4.83. The van der Waals surface area contributed by atoms with Crippen molar-refractivity contribution in [2.45, 2.75) is 64.2 Å². The zero-order valence-corrected chi connectivity index (χ0v) is 11.2. The molecule has 3 atom stereocenters. The first-order valence-corrected chi connectivity index (χ1v) is 6.61. The molecule has 0 aromatic rings. The van der Waals surface area contributed by atoms with E-state index in [0.29, 0.717) is 12.6 Å². The quantitative estimate of drug-likeness (QED) is 0.724. The smallest absolute Gasteiger partial charge is 0.320 e. The summed E-state index contributed by atoms with van der Waals surface area (Å²) in [7, 11) is 1.72. The Bertz CT molecular complexity index is 233. The van der Waals surface area contributed by atoms with Crippen molar-refractivity contribution in [3.8, 4) is 0 Å². The second-order valence-electron chi connectivity index (χ2n) is 4.83. The Morgan fingerprint density at radius 2 is 2.12 bits per heavy atom. The van der Waals surface area contributed by atoms with E-state index in [0.717, 1.165) is 32.1 Å². The first-order valence-electron chi connectivity index (χ1n) is 6.61. The minimum atomic E-state index is -0.146. The zero-order valence-electron chi connectivity index (χ0n) is 11.2. The number of hydrogen-bond acceptors (Lipinski definition) is 4. The van der Waals surface area contributed by atoms with Gasteiger partial charge >= 0.3 is 5.97 Å². The van der Waals surface area contributed by atoms with Crippen molar-refractivity contribution in [1.29, 1.82) is 0 Å². The van der Waals surface area contributed by atoms with Crippen LogP contribution in [0.3, 0.4) is 0 Å². The van der Waals surface area contributed by atoms with Crippen molar-refractivity contribution in [3.63, 3.8) is 0 Å². The van der Waals surface area contributed by atoms with Gasteiger partial charge in [0.25, 0.3) is 0 Å². The van der Waals surface area contributed by atoms with Gasteiger partial charge in [-0.1, -0.05) is 6.92 Å². The summed E-state index contributed by atoms with van der Waals surface area (Å²) >= 11 is 0. The molecule has 0 radical (unpaired) electrons. The molecule has 4 heteroatoms. The van der Waals surface area contributed by atoms with Crippen LogP contribution < -0.4 is 5.32 Å². The standard InChI is InChI=1S/C13H25NO3/c1-4-10(2)14-9-13(15)17-12-7-5-6-11(8-12)16-3/h10-12,14H,4-9H2,1-3H3. The van der Waals surface area contributed by atoms with Crippen molar-refractivity contribution in [2.24, 2.45) is 0 Å². The topological polar surface area (TPSA) is 47.6 Å². The van der Waals surface area contributed by atoms with E-state index in [1.165, 1.54) is 0 Å². The van der Waals surface area contributed by atoms with Crippen LogP contribution in [-0.4, -0.2) is 37.9 Å². The Hall–Kier alpha value is -0.610. The maximum absolute atomic E-state index is 11.6. The van der Waals surface area contributed by atoms with Gasteiger partial charge < -0.3 is 14.8 Å². The third-order valence-electron chi connectivity index (χ3n) is 3.42. The van der Waals surface area contributed by atoms with E-state index in [4.69, 9.17) is 9.47 Å². The number of esters is 1. The molecule has 1 aliphatic carbocycles. The molecule has 17 heavy (non-hydrogen) atoms. The van der Waals surface area contributed by atoms with Gasteiger partial charge in [0.1, 0.15) is 6.10 Å². The number of nitrogens with one attached hydrogen (secondary N) is 1. The van der Waals surface area contributed by atoms with E-state index < -0.39 is 0 Å². The number of carbonyl (C=O) groups excluding carboxylic acids is 1. The highest BCUT2D eigenvalue weighted by Crippen LogP contribution is 2.22. The van der Waals surface area contributed by atoms with Gasteiger partial charge in [-0.3, -0.25) is 4.79 Å². The average Bonchev–Trinajstić information content (AvgIpc) is 2.36. The lowest BCUT2D eigenvalue weighted by Gasteiger charge is -2.28. The van der Waals surface area contributed by atoms with Crippen LogP contribution in [0.5, 0.6) is 0 Å². The summed E-state index contributed by atoms with van der Waals surface area (Å²) in [5.41, 5.74) is 0. The SMILES string of the molecule is CCC(C)NCC(=O)OC1CCCC(OC)C1. The molecule has 100 valence electrons. The van der Waals surface area contributed by atoms with Crippen molar-refractivity contribution in [3.05, 3.63) is 0 Å². The Morgan fingerprint density at radius 3 is 2.76 bits per heavy atom. The molecule has 0 spiro atoms. The van der Waals surface area contributed by atoms with Crippen LogP contribution in [0.4, 0.5) is 0 Å². The highest BCUT2D eigenvalue weighted by molar-refractivity contribution is 5.71. The lowest BCUT2D eigenvalue weighted by atomic mass is 9.95. The van der Waals surface area contributed by atoms with Crippen LogP contribution in [0, 0.1) is 0 Å². The molecule has 0 aromatic carbocycles. The Labute approximate surface area is 104 Å². The number of carbonyl (C=O) groups is 1. The fourth-order valence-electron chi connectivity index (χ4n) is 2.05. The maximum Gasteiger partial charge on any atom is 0.320 e. The number of rotatable bonds is 6. The molecule has 0 aliphatic heterocycles. The molecule has 1 N–H and O–H groups in total. The van der Waals surface area contributed by atoms with Crippen molar-refractivity contribution in [2.75, 3.05) is 13.7 Å². The zero-order chi connectivity index (χ0) is 12.7. The van der Waals surface area contributed by atoms with Gasteiger partial charge in [0.2, 0.25) is 0 Å². The second kappa shape index (κ2) is 7.67. The summed E-state index contributed by atoms with van der Waals surface area (Å²) in [6.45, 7) is 4.46. The Balaban J connectivity index is 2.21. The minimum absolute atomic E-state index is 0.0416. The third kappa shape index (κ3) is 5.50. The fraction of sp³-hybridized carbons (Fsp3) is 0.923. The molecule has 0 saturated heterocycles. The number of hydrogen-bond donors (Lipinski definition) is 1. The van der Waals surface area contributed by atoms with Gasteiger partial charge in [0.15, 0.2) is 0 Å². The summed E-state index contributed by atoms with van der Waals surface area (Å²) in [6, 6.07) is 0.362. The lowest BCUT2D eigenvalue weighted by molar-refractivity contribution is -0.151. The van der Waals surface area contributed by atoms with Crippen LogP contribution >= 0.6 is 0 Å². The number of ether oxygens (including phenoxy) is 2. The molecular weight excluding hydrogens is 218 g/mol. The van der Waals surface area contributed by atoms with Gasteiger partial charge in [-0.05, 0) is 32.6 Å². The van der Waals surface area contributed by atoms with Gasteiger partial charge in [-0.2, -0.15) is 0 Å². The molecule has 1 rings (SSSR count). The predicted octanol–water partition coefficient (Wildman–Crippen LogP) is 1.88. The first-order chi connectivity index (χ1) is 8.15. The highest BCUT2D eigenvalue weighted by atomic mass is 16.5. The monoisotopic (exact) mass is 243 g/mol. The summed E-state index contributed by atoms with van der Waals surface area (Å²) in [4.78, 5) is 11.6. The third-order valence-corrected chi connectivity index (χ3v) is 3.42. The summed E-state index contributed by atoms with van der Waals surface area (Å²) in [6.07, 6.45) is 5.28. The fourth-order valence-corrected chi connectivity index (χ4v) is 2.05. The lowest BCUT2D eigenvalue weighted by Crippen LogP contribution is -2.35. The molecule has 0 amide bonds. The minimum Gasteiger partial charge on any atom is -0.461 e. The van der Waals surface area contributed by atoms with E-state index in [9.17, 15) is 4.79 Å². The molecule has 3 unspecified atom stereocenters. The summed E-state index contributed by atoms with van der Waals surface area (Å²) in [5, 5.41) is 3.14. The molecule has 4 nitrogen and oxygen atoms in total. The van der Waals surface area contributed by atoms with E-state index >= 15 is 0 Å². The molecular formula is C13H25NO3. The highest BCUT2D eigenvalue weighted by Gasteiger charge is 2.24. The molecule has 1 fully saturated rings. The number of methoxy groups -OCH3 is 1. The molecule has 1 aliphatic rings. The summed E-state index contributed by atoms with van der Waals surface area (Å²) < 4.78 is 10.7. The molecule has 1 saturated carbocycles. The van der Waals surface area contributed by atoms with Crippen LogP contribution in [0.2, 0.25) is 0 Å². The van der Waals surface area contributed by atoms with E-state index in [-0.39, 0.29) is 18.2 Å². The summed E-state index contributed by atoms with van der Waals surface area (Å²) in [5.74, 6) is -0.146. The normalized spacial score (nSPS) is 26.5. The van der Waals surface area contributed by atoms with Crippen LogP contribution in [-0.2, 0) is 14.3 Å². The maximum atomic E-state index is 11.6. The van der Waals surface area contributed by atoms with Crippen LogP contribution in [0.1, 0.15) is 46.0 Å². The van der Waals surface area contributed by atoms with Crippen molar-refractivity contribution >= 4 is 5.97 Å². The molecule has 0 aromatic heterocycles. The first kappa shape index (κ1) is 14.5. The van der Waals surface area contributed by atoms with Gasteiger partial charge in [-0.15, -0.1) is 0 Å². The van der Waals surface area contributed by atoms with Crippen LogP contribution in [0.25, 0.3) is 0 Å².